The van der Waals surface area contributed by atoms with Gasteiger partial charge in [0.15, 0.2) is 0 Å². The van der Waals surface area contributed by atoms with Crippen molar-refractivity contribution in [2.45, 2.75) is 59.6 Å². The van der Waals surface area contributed by atoms with E-state index in [2.05, 4.69) is 4.99 Å². The average Bonchev–Trinajstić information content (AvgIpc) is 2.55. The number of carbonyl (C=O) groups is 2. The largest absolute Gasteiger partial charge is 0.444 e. The Balaban J connectivity index is 3.05. The third-order valence-corrected chi connectivity index (χ3v) is 3.63. The van der Waals surface area contributed by atoms with Gasteiger partial charge in [0.05, 0.1) is 6.54 Å². The number of ketones is 1. The summed E-state index contributed by atoms with van der Waals surface area (Å²) in [5.41, 5.74) is 0.908. The van der Waals surface area contributed by atoms with Crippen molar-refractivity contribution in [1.29, 1.82) is 5.41 Å². The molecule has 1 aromatic carbocycles. The van der Waals surface area contributed by atoms with Crippen LogP contribution < -0.4 is 0 Å². The first kappa shape index (κ1) is 22.5. The topological polar surface area (TPSA) is 82.8 Å². The number of ether oxygens (including phenoxy) is 1. The molecule has 0 heterocycles. The van der Waals surface area contributed by atoms with Crippen LogP contribution in [0.25, 0.3) is 0 Å². The SMILES string of the molecule is CC(=N)CCN=C(C(=O)CN(C(=O)OC(C)(C)C)C(C)C)c1ccccc1. The number of amides is 1. The molecule has 1 rings (SSSR count). The molecular formula is C21H31N3O3. The maximum Gasteiger partial charge on any atom is 0.410 e. The van der Waals surface area contributed by atoms with Gasteiger partial charge >= 0.3 is 6.09 Å². The number of hydrogen-bond acceptors (Lipinski definition) is 5. The molecule has 0 spiro atoms. The molecule has 0 bridgehead atoms. The van der Waals surface area contributed by atoms with Crippen LogP contribution >= 0.6 is 0 Å². The molecule has 1 amide bonds. The first-order chi connectivity index (χ1) is 12.5. The first-order valence-electron chi connectivity index (χ1n) is 9.18. The number of Topliss-reactive ketones (excluding diaryl/α,β-unsaturated/α-hetero) is 1. The van der Waals surface area contributed by atoms with Crippen LogP contribution in [0.2, 0.25) is 0 Å². The van der Waals surface area contributed by atoms with E-state index in [0.29, 0.717) is 30.0 Å². The molecule has 6 heteroatoms. The van der Waals surface area contributed by atoms with Crippen LogP contribution in [0.1, 0.15) is 53.5 Å². The van der Waals surface area contributed by atoms with Gasteiger partial charge in [-0.05, 0) is 41.5 Å². The molecule has 1 aromatic rings. The molecule has 0 radical (unpaired) electrons. The highest BCUT2D eigenvalue weighted by atomic mass is 16.6. The van der Waals surface area contributed by atoms with E-state index in [1.165, 1.54) is 4.90 Å². The summed E-state index contributed by atoms with van der Waals surface area (Å²) in [6.45, 7) is 11.0. The highest BCUT2D eigenvalue weighted by molar-refractivity contribution is 6.47. The zero-order valence-corrected chi connectivity index (χ0v) is 17.2. The number of carbonyl (C=O) groups excluding carboxylic acids is 2. The maximum atomic E-state index is 13.0. The number of nitrogens with one attached hydrogen (secondary N) is 1. The number of aliphatic imine (C=N–C) groups is 1. The van der Waals surface area contributed by atoms with Crippen LogP contribution in [0.15, 0.2) is 35.3 Å². The van der Waals surface area contributed by atoms with E-state index in [4.69, 9.17) is 10.1 Å². The summed E-state index contributed by atoms with van der Waals surface area (Å²) in [6.07, 6.45) is -0.0302. The molecule has 0 aliphatic rings. The highest BCUT2D eigenvalue weighted by Gasteiger charge is 2.27. The minimum absolute atomic E-state index is 0.107. The smallest absolute Gasteiger partial charge is 0.410 e. The summed E-state index contributed by atoms with van der Waals surface area (Å²) in [7, 11) is 0. The minimum Gasteiger partial charge on any atom is -0.444 e. The molecule has 6 nitrogen and oxygen atoms in total. The van der Waals surface area contributed by atoms with Crippen molar-refractivity contribution >= 4 is 23.3 Å². The van der Waals surface area contributed by atoms with Crippen molar-refractivity contribution < 1.29 is 14.3 Å². The molecule has 27 heavy (non-hydrogen) atoms. The Hall–Kier alpha value is -2.50. The minimum atomic E-state index is -0.634. The summed E-state index contributed by atoms with van der Waals surface area (Å²) in [6, 6.07) is 9.00. The molecule has 0 unspecified atom stereocenters. The third-order valence-electron chi connectivity index (χ3n) is 3.63. The Kier molecular flexibility index (Phi) is 8.34. The second kappa shape index (κ2) is 10.00. The van der Waals surface area contributed by atoms with Crippen molar-refractivity contribution in [3.63, 3.8) is 0 Å². The predicted molar refractivity (Wildman–Crippen MR) is 109 cm³/mol. The zero-order chi connectivity index (χ0) is 20.6. The molecular weight excluding hydrogens is 342 g/mol. The fraction of sp³-hybridized carbons (Fsp3) is 0.524. The summed E-state index contributed by atoms with van der Waals surface area (Å²) >= 11 is 0. The number of benzene rings is 1. The second-order valence-corrected chi connectivity index (χ2v) is 7.75. The van der Waals surface area contributed by atoms with Gasteiger partial charge in [0.1, 0.15) is 11.3 Å². The lowest BCUT2D eigenvalue weighted by Crippen LogP contribution is -2.45. The van der Waals surface area contributed by atoms with Gasteiger partial charge in [-0.15, -0.1) is 0 Å². The van der Waals surface area contributed by atoms with Crippen LogP contribution in [0, 0.1) is 5.41 Å². The van der Waals surface area contributed by atoms with Crippen LogP contribution in [0.3, 0.4) is 0 Å². The van der Waals surface area contributed by atoms with Crippen LogP contribution in [-0.2, 0) is 9.53 Å². The van der Waals surface area contributed by atoms with Crippen molar-refractivity contribution in [1.82, 2.24) is 4.90 Å². The normalized spacial score (nSPS) is 12.0. The van der Waals surface area contributed by atoms with Crippen molar-refractivity contribution in [3.8, 4) is 0 Å². The molecule has 0 atom stereocenters. The fourth-order valence-corrected chi connectivity index (χ4v) is 2.28. The van der Waals surface area contributed by atoms with Crippen molar-refractivity contribution in [3.05, 3.63) is 35.9 Å². The van der Waals surface area contributed by atoms with Crippen LogP contribution in [0.5, 0.6) is 0 Å². The maximum absolute atomic E-state index is 13.0. The Labute approximate surface area is 162 Å². The Morgan fingerprint density at radius 2 is 1.78 bits per heavy atom. The quantitative estimate of drug-likeness (QED) is 0.696. The lowest BCUT2D eigenvalue weighted by atomic mass is 10.1. The van der Waals surface area contributed by atoms with Gasteiger partial charge in [0.2, 0.25) is 5.78 Å². The summed E-state index contributed by atoms with van der Waals surface area (Å²) < 4.78 is 5.43. The molecule has 148 valence electrons. The summed E-state index contributed by atoms with van der Waals surface area (Å²) in [4.78, 5) is 31.3. The molecule has 0 aromatic heterocycles. The molecule has 1 N–H and O–H groups in total. The van der Waals surface area contributed by atoms with E-state index in [1.54, 1.807) is 27.7 Å². The van der Waals surface area contributed by atoms with Gasteiger partial charge < -0.3 is 10.1 Å². The third kappa shape index (κ3) is 8.15. The number of hydrogen-bond donors (Lipinski definition) is 1. The monoisotopic (exact) mass is 373 g/mol. The summed E-state index contributed by atoms with van der Waals surface area (Å²) in [5.74, 6) is -0.247. The Bertz CT molecular complexity index is 688. The zero-order valence-electron chi connectivity index (χ0n) is 17.2. The van der Waals surface area contributed by atoms with Gasteiger partial charge in [-0.3, -0.25) is 14.7 Å². The highest BCUT2D eigenvalue weighted by Crippen LogP contribution is 2.13. The van der Waals surface area contributed by atoms with Gasteiger partial charge in [0, 0.05) is 30.3 Å². The van der Waals surface area contributed by atoms with E-state index < -0.39 is 11.7 Å². The van der Waals surface area contributed by atoms with E-state index >= 15 is 0 Å². The Morgan fingerprint density at radius 3 is 2.26 bits per heavy atom. The molecule has 0 saturated carbocycles. The average molecular weight is 373 g/mol. The summed E-state index contributed by atoms with van der Waals surface area (Å²) in [5, 5.41) is 7.54. The van der Waals surface area contributed by atoms with E-state index in [9.17, 15) is 9.59 Å². The first-order valence-corrected chi connectivity index (χ1v) is 9.18. The van der Waals surface area contributed by atoms with Crippen molar-refractivity contribution in [2.24, 2.45) is 4.99 Å². The molecule has 0 aliphatic heterocycles. The Morgan fingerprint density at radius 1 is 1.19 bits per heavy atom. The van der Waals surface area contributed by atoms with Crippen molar-refractivity contribution in [2.75, 3.05) is 13.1 Å². The van der Waals surface area contributed by atoms with Gasteiger partial charge in [-0.25, -0.2) is 4.79 Å². The van der Waals surface area contributed by atoms with E-state index in [0.717, 1.165) is 0 Å². The fourth-order valence-electron chi connectivity index (χ4n) is 2.28. The second-order valence-electron chi connectivity index (χ2n) is 7.75. The van der Waals surface area contributed by atoms with Gasteiger partial charge in [-0.1, -0.05) is 30.3 Å². The number of nitrogens with zero attached hydrogens (tertiary/aromatic N) is 2. The molecule has 0 saturated heterocycles. The number of rotatable bonds is 8. The van der Waals surface area contributed by atoms with E-state index in [1.807, 2.05) is 44.2 Å². The van der Waals surface area contributed by atoms with Crippen LogP contribution in [0.4, 0.5) is 4.79 Å². The lowest BCUT2D eigenvalue weighted by Gasteiger charge is -2.29. The lowest BCUT2D eigenvalue weighted by molar-refractivity contribution is -0.114. The van der Waals surface area contributed by atoms with Gasteiger partial charge in [-0.2, -0.15) is 0 Å². The molecule has 0 aliphatic carbocycles. The van der Waals surface area contributed by atoms with Gasteiger partial charge in [0.25, 0.3) is 0 Å². The van der Waals surface area contributed by atoms with E-state index in [-0.39, 0.29) is 18.4 Å². The predicted octanol–water partition coefficient (Wildman–Crippen LogP) is 4.12. The molecule has 0 fully saturated rings. The van der Waals surface area contributed by atoms with Crippen LogP contribution in [-0.4, -0.2) is 52.9 Å². The standard InChI is InChI=1S/C21H31N3O3/c1-15(2)24(20(26)27-21(4,5)6)14-18(25)19(23-13-12-16(3)22)17-10-8-7-9-11-17/h7-11,15,22H,12-14H2,1-6H3.